The summed E-state index contributed by atoms with van der Waals surface area (Å²) in [4.78, 5) is 4.43. The normalized spacial score (nSPS) is 20.4. The number of nitrogen functional groups attached to an aromatic ring is 1. The number of aliphatic hydroxyl groups is 1. The highest BCUT2D eigenvalue weighted by atomic mass is 32.1. The second-order valence-corrected chi connectivity index (χ2v) is 5.31. The summed E-state index contributed by atoms with van der Waals surface area (Å²) in [6.45, 7) is 0. The van der Waals surface area contributed by atoms with E-state index in [4.69, 9.17) is 10.5 Å². The van der Waals surface area contributed by atoms with Crippen molar-refractivity contribution in [2.75, 3.05) is 5.73 Å². The molecule has 0 fully saturated rings. The van der Waals surface area contributed by atoms with Gasteiger partial charge in [-0.1, -0.05) is 0 Å². The molecular formula is C14H12F2N2O2S. The summed E-state index contributed by atoms with van der Waals surface area (Å²) in [5, 5.41) is 9.82. The highest BCUT2D eigenvalue weighted by Crippen LogP contribution is 2.42. The zero-order valence-corrected chi connectivity index (χ0v) is 11.6. The molecule has 21 heavy (non-hydrogen) atoms. The van der Waals surface area contributed by atoms with Crippen molar-refractivity contribution in [2.24, 2.45) is 0 Å². The summed E-state index contributed by atoms with van der Waals surface area (Å²) >= 11 is 4.17. The fourth-order valence-electron chi connectivity index (χ4n) is 2.39. The van der Waals surface area contributed by atoms with Gasteiger partial charge in [-0.05, 0) is 6.07 Å². The minimum atomic E-state index is -1.44. The van der Waals surface area contributed by atoms with E-state index < -0.39 is 18.1 Å². The second-order valence-electron chi connectivity index (χ2n) is 4.83. The minimum Gasteiger partial charge on any atom is -0.439 e. The van der Waals surface area contributed by atoms with Crippen LogP contribution in [0.5, 0.6) is 11.6 Å². The molecule has 7 heteroatoms. The molecule has 0 spiro atoms. The maximum atomic E-state index is 13.7. The number of halogens is 2. The third-order valence-corrected chi connectivity index (χ3v) is 3.67. The van der Waals surface area contributed by atoms with Crippen LogP contribution >= 0.6 is 12.6 Å². The largest absolute Gasteiger partial charge is 0.439 e. The molecule has 0 saturated heterocycles. The number of anilines is 1. The molecule has 3 N–H and O–H groups in total. The van der Waals surface area contributed by atoms with Crippen molar-refractivity contribution >= 4 is 18.3 Å². The Hall–Kier alpha value is -1.86. The Morgan fingerprint density at radius 2 is 2.14 bits per heavy atom. The molecule has 2 atom stereocenters. The maximum Gasteiger partial charge on any atom is 0.222 e. The number of hydrogen-bond donors (Lipinski definition) is 3. The zero-order chi connectivity index (χ0) is 15.1. The first kappa shape index (κ1) is 14.1. The number of rotatable bonds is 2. The lowest BCUT2D eigenvalue weighted by molar-refractivity contribution is 0.0908. The van der Waals surface area contributed by atoms with E-state index in [0.717, 1.165) is 12.1 Å². The third kappa shape index (κ3) is 2.54. The van der Waals surface area contributed by atoms with Crippen molar-refractivity contribution < 1.29 is 18.6 Å². The first-order valence-corrected chi connectivity index (χ1v) is 6.67. The van der Waals surface area contributed by atoms with Crippen LogP contribution in [0.1, 0.15) is 17.2 Å². The molecule has 1 aliphatic carbocycles. The van der Waals surface area contributed by atoms with Crippen LogP contribution < -0.4 is 10.5 Å². The number of alkyl halides is 1. The lowest BCUT2D eigenvalue weighted by Gasteiger charge is -2.12. The predicted octanol–water partition coefficient (Wildman–Crippen LogP) is 2.81. The van der Waals surface area contributed by atoms with Crippen molar-refractivity contribution in [3.05, 3.63) is 41.3 Å². The number of fused-ring (bicyclic) bond motifs is 1. The maximum absolute atomic E-state index is 13.7. The van der Waals surface area contributed by atoms with E-state index in [1.165, 1.54) is 12.3 Å². The summed E-state index contributed by atoms with van der Waals surface area (Å²) in [6, 6.07) is 3.74. The quantitative estimate of drug-likeness (QED) is 0.589. The monoisotopic (exact) mass is 310 g/mol. The minimum absolute atomic E-state index is 0.0297. The van der Waals surface area contributed by atoms with Gasteiger partial charge in [0.25, 0.3) is 0 Å². The Kier molecular flexibility index (Phi) is 3.46. The van der Waals surface area contributed by atoms with Gasteiger partial charge in [0.1, 0.15) is 23.8 Å². The van der Waals surface area contributed by atoms with Gasteiger partial charge in [-0.2, -0.15) is 0 Å². The van der Waals surface area contributed by atoms with Crippen LogP contribution in [-0.2, 0) is 6.42 Å². The smallest absolute Gasteiger partial charge is 0.222 e. The lowest BCUT2D eigenvalue weighted by atomic mass is 10.1. The summed E-state index contributed by atoms with van der Waals surface area (Å²) in [7, 11) is 0. The van der Waals surface area contributed by atoms with Gasteiger partial charge in [0.2, 0.25) is 5.88 Å². The Morgan fingerprint density at radius 1 is 1.38 bits per heavy atom. The molecular weight excluding hydrogens is 298 g/mol. The van der Waals surface area contributed by atoms with Crippen LogP contribution in [0.4, 0.5) is 14.5 Å². The van der Waals surface area contributed by atoms with Gasteiger partial charge >= 0.3 is 0 Å². The average molecular weight is 310 g/mol. The molecule has 1 aromatic heterocycles. The molecule has 2 aromatic rings. The van der Waals surface area contributed by atoms with Gasteiger partial charge in [0.05, 0.1) is 0 Å². The molecule has 0 amide bonds. The fourth-order valence-corrected chi connectivity index (χ4v) is 2.72. The summed E-state index contributed by atoms with van der Waals surface area (Å²) < 4.78 is 32.5. The van der Waals surface area contributed by atoms with E-state index in [1.54, 1.807) is 0 Å². The Morgan fingerprint density at radius 3 is 2.86 bits per heavy atom. The number of aliphatic hydroxyl groups excluding tert-OH is 1. The van der Waals surface area contributed by atoms with Crippen LogP contribution in [0.25, 0.3) is 0 Å². The van der Waals surface area contributed by atoms with Gasteiger partial charge in [-0.15, -0.1) is 12.6 Å². The molecule has 1 heterocycles. The molecule has 1 unspecified atom stereocenters. The molecule has 0 aliphatic heterocycles. The zero-order valence-electron chi connectivity index (χ0n) is 10.8. The van der Waals surface area contributed by atoms with Crippen LogP contribution in [0.2, 0.25) is 0 Å². The number of thiol groups is 1. The topological polar surface area (TPSA) is 68.4 Å². The SMILES string of the molecule is Nc1cc(F)cc(Oc2ncc(S)c3c2C[C@@H](F)C3O)c1. The van der Waals surface area contributed by atoms with E-state index >= 15 is 0 Å². The Bertz CT molecular complexity index is 691. The van der Waals surface area contributed by atoms with Crippen molar-refractivity contribution in [3.63, 3.8) is 0 Å². The molecule has 3 rings (SSSR count). The standard InChI is InChI=1S/C14H12F2N2O2S/c15-6-1-7(17)3-8(2-6)20-14-9-4-10(16)13(19)12(9)11(21)5-18-14/h1-3,5,10,13,19,21H,4,17H2/t10-,13?/m1/s1. The summed E-state index contributed by atoms with van der Waals surface area (Å²) in [5.41, 5.74) is 6.54. The molecule has 1 aromatic carbocycles. The molecule has 110 valence electrons. The summed E-state index contributed by atoms with van der Waals surface area (Å²) in [5.74, 6) is -0.270. The van der Waals surface area contributed by atoms with Crippen molar-refractivity contribution in [1.82, 2.24) is 4.98 Å². The highest BCUT2D eigenvalue weighted by molar-refractivity contribution is 7.80. The van der Waals surface area contributed by atoms with E-state index in [2.05, 4.69) is 17.6 Å². The van der Waals surface area contributed by atoms with E-state index in [0.29, 0.717) is 16.0 Å². The number of hydrogen-bond acceptors (Lipinski definition) is 5. The summed E-state index contributed by atoms with van der Waals surface area (Å²) in [6.07, 6.45) is -1.36. The van der Waals surface area contributed by atoms with Gasteiger partial charge in [-0.3, -0.25) is 0 Å². The molecule has 4 nitrogen and oxygen atoms in total. The fraction of sp³-hybridized carbons (Fsp3) is 0.214. The third-order valence-electron chi connectivity index (χ3n) is 3.31. The number of aromatic nitrogens is 1. The number of nitrogens with zero attached hydrogens (tertiary/aromatic N) is 1. The van der Waals surface area contributed by atoms with Gasteiger partial charge in [0, 0.05) is 46.5 Å². The van der Waals surface area contributed by atoms with Crippen molar-refractivity contribution in [1.29, 1.82) is 0 Å². The van der Waals surface area contributed by atoms with Crippen LogP contribution in [-0.4, -0.2) is 16.3 Å². The number of benzene rings is 1. The molecule has 0 radical (unpaired) electrons. The van der Waals surface area contributed by atoms with Crippen LogP contribution in [0.15, 0.2) is 29.3 Å². The van der Waals surface area contributed by atoms with Gasteiger partial charge in [0.15, 0.2) is 0 Å². The molecule has 0 saturated carbocycles. The first-order valence-electron chi connectivity index (χ1n) is 6.22. The first-order chi connectivity index (χ1) is 9.95. The molecule has 1 aliphatic rings. The highest BCUT2D eigenvalue weighted by Gasteiger charge is 2.35. The van der Waals surface area contributed by atoms with Crippen LogP contribution in [0.3, 0.4) is 0 Å². The number of pyridine rings is 1. The van der Waals surface area contributed by atoms with Crippen LogP contribution in [0, 0.1) is 5.82 Å². The van der Waals surface area contributed by atoms with E-state index in [1.807, 2.05) is 0 Å². The Labute approximate surface area is 125 Å². The predicted molar refractivity (Wildman–Crippen MR) is 75.9 cm³/mol. The molecule has 0 bridgehead atoms. The lowest BCUT2D eigenvalue weighted by Crippen LogP contribution is -2.06. The average Bonchev–Trinajstić information content (AvgIpc) is 2.69. The van der Waals surface area contributed by atoms with E-state index in [-0.39, 0.29) is 23.7 Å². The second kappa shape index (κ2) is 5.16. The van der Waals surface area contributed by atoms with Crippen molar-refractivity contribution in [3.8, 4) is 11.6 Å². The van der Waals surface area contributed by atoms with Crippen molar-refractivity contribution in [2.45, 2.75) is 23.6 Å². The number of nitrogens with two attached hydrogens (primary N) is 1. The van der Waals surface area contributed by atoms with Gasteiger partial charge < -0.3 is 15.6 Å². The van der Waals surface area contributed by atoms with Gasteiger partial charge in [-0.25, -0.2) is 13.8 Å². The Balaban J connectivity index is 2.01. The number of ether oxygens (including phenoxy) is 1. The van der Waals surface area contributed by atoms with E-state index in [9.17, 15) is 13.9 Å².